The lowest BCUT2D eigenvalue weighted by atomic mass is 10.1. The highest BCUT2D eigenvalue weighted by molar-refractivity contribution is 8.01. The van der Waals surface area contributed by atoms with Gasteiger partial charge in [-0.1, -0.05) is 12.5 Å². The molecular formula is C26H39N5O3S. The van der Waals surface area contributed by atoms with Crippen LogP contribution in [0.1, 0.15) is 46.0 Å². The predicted octanol–water partition coefficient (Wildman–Crippen LogP) is 3.31. The van der Waals surface area contributed by atoms with E-state index in [-0.39, 0.29) is 22.4 Å². The first-order chi connectivity index (χ1) is 17.0. The van der Waals surface area contributed by atoms with Gasteiger partial charge in [-0.25, -0.2) is 0 Å². The van der Waals surface area contributed by atoms with Gasteiger partial charge in [0.05, 0.1) is 16.7 Å². The summed E-state index contributed by atoms with van der Waals surface area (Å²) < 4.78 is 5.97. The summed E-state index contributed by atoms with van der Waals surface area (Å²) in [7, 11) is 0. The van der Waals surface area contributed by atoms with Crippen molar-refractivity contribution in [3.05, 3.63) is 24.3 Å². The van der Waals surface area contributed by atoms with Crippen LogP contribution in [0.3, 0.4) is 0 Å². The Hall–Kier alpha value is -2.44. The van der Waals surface area contributed by atoms with Crippen molar-refractivity contribution in [3.63, 3.8) is 0 Å². The van der Waals surface area contributed by atoms with Crippen LogP contribution in [-0.4, -0.2) is 78.1 Å². The molecule has 3 unspecified atom stereocenters. The number of anilines is 1. The molecule has 3 rings (SSSR count). The van der Waals surface area contributed by atoms with Crippen molar-refractivity contribution in [2.75, 3.05) is 51.2 Å². The van der Waals surface area contributed by atoms with E-state index in [2.05, 4.69) is 21.6 Å². The Morgan fingerprint density at radius 2 is 2.09 bits per heavy atom. The van der Waals surface area contributed by atoms with Crippen LogP contribution in [0.15, 0.2) is 24.3 Å². The van der Waals surface area contributed by atoms with E-state index in [1.807, 2.05) is 38.1 Å². The molecule has 2 N–H and O–H groups in total. The Bertz CT molecular complexity index is 871. The average molecular weight is 502 g/mol. The normalized spacial score (nSPS) is 21.4. The number of likely N-dealkylation sites (tertiary alicyclic amines) is 1. The molecule has 0 bridgehead atoms. The molecule has 0 spiro atoms. The van der Waals surface area contributed by atoms with Crippen LogP contribution < -0.4 is 15.4 Å². The van der Waals surface area contributed by atoms with Crippen LogP contribution >= 0.6 is 11.8 Å². The summed E-state index contributed by atoms with van der Waals surface area (Å²) in [4.78, 5) is 29.3. The lowest BCUT2D eigenvalue weighted by Gasteiger charge is -2.26. The number of nitrogens with zero attached hydrogens (tertiary/aromatic N) is 3. The predicted molar refractivity (Wildman–Crippen MR) is 140 cm³/mol. The zero-order valence-corrected chi connectivity index (χ0v) is 21.8. The second kappa shape index (κ2) is 14.2. The molecule has 1 aromatic rings. The third-order valence-corrected chi connectivity index (χ3v) is 8.05. The molecule has 0 radical (unpaired) electrons. The van der Waals surface area contributed by atoms with Gasteiger partial charge in [0.2, 0.25) is 11.8 Å². The van der Waals surface area contributed by atoms with E-state index in [1.54, 1.807) is 16.7 Å². The lowest BCUT2D eigenvalue weighted by molar-refractivity contribution is -0.131. The third-order valence-electron chi connectivity index (χ3n) is 6.52. The molecule has 2 amide bonds. The van der Waals surface area contributed by atoms with Gasteiger partial charge < -0.3 is 20.3 Å². The number of nitrogens with one attached hydrogen (secondary N) is 2. The number of hydrogen-bond acceptors (Lipinski definition) is 7. The summed E-state index contributed by atoms with van der Waals surface area (Å²) in [5.74, 6) is -0.0683. The van der Waals surface area contributed by atoms with E-state index in [9.17, 15) is 14.9 Å². The van der Waals surface area contributed by atoms with Crippen molar-refractivity contribution in [3.8, 4) is 11.8 Å². The highest BCUT2D eigenvalue weighted by Crippen LogP contribution is 2.37. The first-order valence-corrected chi connectivity index (χ1v) is 13.8. The summed E-state index contributed by atoms with van der Waals surface area (Å²) in [5, 5.41) is 15.2. The zero-order valence-electron chi connectivity index (χ0n) is 21.0. The van der Waals surface area contributed by atoms with Crippen LogP contribution in [0.25, 0.3) is 0 Å². The van der Waals surface area contributed by atoms with Gasteiger partial charge in [-0.15, -0.1) is 11.8 Å². The first kappa shape index (κ1) is 27.2. The summed E-state index contributed by atoms with van der Waals surface area (Å²) in [6.07, 6.45) is 4.93. The Balaban J connectivity index is 1.45. The van der Waals surface area contributed by atoms with Crippen LogP contribution in [0.4, 0.5) is 5.69 Å². The summed E-state index contributed by atoms with van der Waals surface area (Å²) in [6, 6.07) is 10.1. The zero-order chi connectivity index (χ0) is 25.0. The number of thioether (sulfide) groups is 1. The van der Waals surface area contributed by atoms with Crippen molar-refractivity contribution in [1.82, 2.24) is 15.1 Å². The molecule has 3 atom stereocenters. The average Bonchev–Trinajstić information content (AvgIpc) is 3.17. The van der Waals surface area contributed by atoms with Gasteiger partial charge in [-0.3, -0.25) is 14.5 Å². The maximum absolute atomic E-state index is 12.9. The number of rotatable bonds is 13. The molecule has 2 aliphatic heterocycles. The standard InChI is InChI=1S/C26H39N5O3S/c1-3-28-25(32)20(19-27)17-24-31(4-2)26(33)23(35-24)11-12-29-21-9-8-10-22(18-21)34-16-15-30-13-6-5-7-14-30/h8-10,18,20,23-24,29H,3-7,11-17H2,1-2H3,(H,28,32). The molecule has 0 aromatic heterocycles. The van der Waals surface area contributed by atoms with Crippen LogP contribution in [0, 0.1) is 17.2 Å². The Morgan fingerprint density at radius 3 is 2.80 bits per heavy atom. The molecule has 8 nitrogen and oxygen atoms in total. The van der Waals surface area contributed by atoms with Gasteiger partial charge in [-0.05, 0) is 58.3 Å². The highest BCUT2D eigenvalue weighted by atomic mass is 32.2. The van der Waals surface area contributed by atoms with Gasteiger partial charge >= 0.3 is 0 Å². The van der Waals surface area contributed by atoms with E-state index >= 15 is 0 Å². The minimum atomic E-state index is -0.746. The van der Waals surface area contributed by atoms with Crippen LogP contribution in [0.2, 0.25) is 0 Å². The van der Waals surface area contributed by atoms with Crippen molar-refractivity contribution < 1.29 is 14.3 Å². The fourth-order valence-corrected chi connectivity index (χ4v) is 6.21. The molecule has 2 heterocycles. The molecule has 1 aromatic carbocycles. The lowest BCUT2D eigenvalue weighted by Crippen LogP contribution is -2.38. The number of benzene rings is 1. The van der Waals surface area contributed by atoms with Crippen LogP contribution in [0.5, 0.6) is 5.75 Å². The maximum atomic E-state index is 12.9. The molecule has 192 valence electrons. The molecule has 35 heavy (non-hydrogen) atoms. The monoisotopic (exact) mass is 501 g/mol. The molecule has 0 saturated carbocycles. The van der Waals surface area contributed by atoms with Crippen LogP contribution in [-0.2, 0) is 9.59 Å². The fourth-order valence-electron chi connectivity index (χ4n) is 4.62. The van der Waals surface area contributed by atoms with Crippen molar-refractivity contribution >= 4 is 29.3 Å². The van der Waals surface area contributed by atoms with Crippen molar-refractivity contribution in [2.24, 2.45) is 5.92 Å². The largest absolute Gasteiger partial charge is 0.492 e. The number of amides is 2. The summed E-state index contributed by atoms with van der Waals surface area (Å²) in [6.45, 7) is 9.48. The summed E-state index contributed by atoms with van der Waals surface area (Å²) in [5.41, 5.74) is 0.973. The highest BCUT2D eigenvalue weighted by Gasteiger charge is 2.40. The molecule has 0 aliphatic carbocycles. The number of carbonyl (C=O) groups excluding carboxylic acids is 2. The van der Waals surface area contributed by atoms with E-state index in [0.717, 1.165) is 18.0 Å². The molecule has 9 heteroatoms. The van der Waals surface area contributed by atoms with Gasteiger partial charge in [0.15, 0.2) is 0 Å². The van der Waals surface area contributed by atoms with E-state index in [4.69, 9.17) is 4.74 Å². The Kier molecular flexibility index (Phi) is 11.0. The van der Waals surface area contributed by atoms with Gasteiger partial charge in [-0.2, -0.15) is 5.26 Å². The molecule has 2 fully saturated rings. The van der Waals surface area contributed by atoms with E-state index in [1.165, 1.54) is 32.4 Å². The maximum Gasteiger partial charge on any atom is 0.237 e. The number of hydrogen-bond donors (Lipinski definition) is 2. The van der Waals surface area contributed by atoms with E-state index in [0.29, 0.717) is 39.1 Å². The minimum absolute atomic E-state index is 0.0895. The minimum Gasteiger partial charge on any atom is -0.492 e. The van der Waals surface area contributed by atoms with Crippen molar-refractivity contribution in [2.45, 2.75) is 56.6 Å². The third kappa shape index (κ3) is 8.04. The molecular weight excluding hydrogens is 462 g/mol. The fraction of sp³-hybridized carbons (Fsp3) is 0.654. The molecule has 2 aliphatic rings. The van der Waals surface area contributed by atoms with Crippen molar-refractivity contribution in [1.29, 1.82) is 5.26 Å². The second-order valence-electron chi connectivity index (χ2n) is 9.01. The van der Waals surface area contributed by atoms with Gasteiger partial charge in [0.25, 0.3) is 0 Å². The van der Waals surface area contributed by atoms with E-state index < -0.39 is 5.92 Å². The number of carbonyl (C=O) groups is 2. The van der Waals surface area contributed by atoms with Gasteiger partial charge in [0, 0.05) is 44.4 Å². The summed E-state index contributed by atoms with van der Waals surface area (Å²) >= 11 is 1.57. The molecule has 2 saturated heterocycles. The Morgan fingerprint density at radius 1 is 1.29 bits per heavy atom. The second-order valence-corrected chi connectivity index (χ2v) is 10.4. The quantitative estimate of drug-likeness (QED) is 0.428. The number of ether oxygens (including phenoxy) is 1. The Labute approximate surface area is 213 Å². The first-order valence-electron chi connectivity index (χ1n) is 12.9. The number of piperidine rings is 1. The number of nitriles is 1. The SMILES string of the molecule is CCNC(=O)C(C#N)CC1SC(CCNc2cccc(OCCN3CCCCC3)c2)C(=O)N1CC. The van der Waals surface area contributed by atoms with Gasteiger partial charge in [0.1, 0.15) is 18.3 Å². The smallest absolute Gasteiger partial charge is 0.237 e. The topological polar surface area (TPSA) is 97.7 Å².